The molecule has 1 aromatic heterocycles. The van der Waals surface area contributed by atoms with E-state index in [-0.39, 0.29) is 18.1 Å². The highest BCUT2D eigenvalue weighted by atomic mass is 16.6. The Morgan fingerprint density at radius 1 is 0.970 bits per heavy atom. The number of nitrogens with one attached hydrogen (secondary N) is 1. The van der Waals surface area contributed by atoms with Gasteiger partial charge in [0.2, 0.25) is 5.88 Å². The molecule has 9 nitrogen and oxygen atoms in total. The third-order valence-corrected chi connectivity index (χ3v) is 4.94. The molecule has 0 bridgehead atoms. The number of H-pyrrole nitrogens is 1. The summed E-state index contributed by atoms with van der Waals surface area (Å²) < 4.78 is 17.8. The monoisotopic (exact) mass is 448 g/mol. The number of hydrogen-bond donors (Lipinski definition) is 1. The van der Waals surface area contributed by atoms with Crippen LogP contribution in [0.3, 0.4) is 0 Å². The predicted molar refractivity (Wildman–Crippen MR) is 118 cm³/mol. The molecule has 0 spiro atoms. The van der Waals surface area contributed by atoms with Crippen molar-refractivity contribution in [3.05, 3.63) is 110 Å². The van der Waals surface area contributed by atoms with Gasteiger partial charge >= 0.3 is 17.6 Å². The van der Waals surface area contributed by atoms with Gasteiger partial charge in [-0.1, -0.05) is 36.4 Å². The first-order valence-electron chi connectivity index (χ1n) is 10.1. The fourth-order valence-corrected chi connectivity index (χ4v) is 3.20. The van der Waals surface area contributed by atoms with Crippen molar-refractivity contribution >= 4 is 17.8 Å². The zero-order valence-corrected chi connectivity index (χ0v) is 17.6. The van der Waals surface area contributed by atoms with E-state index in [1.54, 1.807) is 60.7 Å². The third-order valence-electron chi connectivity index (χ3n) is 4.94. The van der Waals surface area contributed by atoms with Gasteiger partial charge in [-0.05, 0) is 31.2 Å². The summed E-state index contributed by atoms with van der Waals surface area (Å²) in [7, 11) is 0. The van der Waals surface area contributed by atoms with Crippen LogP contribution in [0.15, 0.2) is 82.5 Å². The van der Waals surface area contributed by atoms with Gasteiger partial charge in [-0.3, -0.25) is 9.78 Å². The molecule has 0 radical (unpaired) electrons. The van der Waals surface area contributed by atoms with Crippen LogP contribution in [0, 0.1) is 6.92 Å². The Balaban J connectivity index is 1.57. The Kier molecular flexibility index (Phi) is 6.21. The van der Waals surface area contributed by atoms with Crippen LogP contribution >= 0.6 is 0 Å². The van der Waals surface area contributed by atoms with Gasteiger partial charge in [-0.2, -0.15) is 0 Å². The Bertz CT molecular complexity index is 1310. The summed E-state index contributed by atoms with van der Waals surface area (Å²) in [6.45, 7) is 1.30. The number of nitrogens with zero attached hydrogens (tertiary/aromatic N) is 1. The maximum atomic E-state index is 12.6. The van der Waals surface area contributed by atoms with Crippen LogP contribution in [0.1, 0.15) is 26.3 Å². The smallest absolute Gasteiger partial charge is 0.338 e. The summed E-state index contributed by atoms with van der Waals surface area (Å²) in [6.07, 6.45) is 0.900. The SMILES string of the molecule is Cc1cn(C2=C[C@@H](OC(=O)c3ccccc3)[C@@H](COC(=O)c3ccccc3)O2)c(=O)[nH]c1=O. The minimum absolute atomic E-state index is 0.0472. The summed E-state index contributed by atoms with van der Waals surface area (Å²) in [4.78, 5) is 51.1. The van der Waals surface area contributed by atoms with Crippen LogP contribution in [-0.4, -0.2) is 40.3 Å². The lowest BCUT2D eigenvalue weighted by atomic mass is 10.2. The molecule has 0 saturated heterocycles. The maximum absolute atomic E-state index is 12.6. The van der Waals surface area contributed by atoms with E-state index >= 15 is 0 Å². The Morgan fingerprint density at radius 3 is 2.21 bits per heavy atom. The molecule has 33 heavy (non-hydrogen) atoms. The van der Waals surface area contributed by atoms with Crippen molar-refractivity contribution in [3.63, 3.8) is 0 Å². The van der Waals surface area contributed by atoms with Gasteiger partial charge in [-0.15, -0.1) is 0 Å². The number of aromatic amines is 1. The summed E-state index contributed by atoms with van der Waals surface area (Å²) in [5, 5.41) is 0. The summed E-state index contributed by atoms with van der Waals surface area (Å²) >= 11 is 0. The van der Waals surface area contributed by atoms with Crippen LogP contribution < -0.4 is 11.2 Å². The quantitative estimate of drug-likeness (QED) is 0.574. The van der Waals surface area contributed by atoms with Crippen LogP contribution in [0.2, 0.25) is 0 Å². The molecule has 4 rings (SSSR count). The van der Waals surface area contributed by atoms with Crippen LogP contribution in [0.4, 0.5) is 0 Å². The van der Waals surface area contributed by atoms with Gasteiger partial charge in [0.15, 0.2) is 12.2 Å². The first-order chi connectivity index (χ1) is 15.9. The van der Waals surface area contributed by atoms with E-state index in [0.717, 1.165) is 4.57 Å². The van der Waals surface area contributed by atoms with E-state index in [4.69, 9.17) is 14.2 Å². The lowest BCUT2D eigenvalue weighted by molar-refractivity contribution is -0.0171. The first-order valence-corrected chi connectivity index (χ1v) is 10.1. The van der Waals surface area contributed by atoms with Crippen LogP contribution in [0.25, 0.3) is 5.88 Å². The van der Waals surface area contributed by atoms with Crippen molar-refractivity contribution in [2.24, 2.45) is 0 Å². The molecule has 168 valence electrons. The lowest BCUT2D eigenvalue weighted by Crippen LogP contribution is -2.33. The van der Waals surface area contributed by atoms with Gasteiger partial charge in [0.1, 0.15) is 6.61 Å². The molecule has 2 aromatic carbocycles. The number of carbonyl (C=O) groups excluding carboxylic acids is 2. The number of rotatable bonds is 6. The van der Waals surface area contributed by atoms with Crippen LogP contribution in [-0.2, 0) is 14.2 Å². The Morgan fingerprint density at radius 2 is 1.58 bits per heavy atom. The second kappa shape index (κ2) is 9.39. The fourth-order valence-electron chi connectivity index (χ4n) is 3.20. The van der Waals surface area contributed by atoms with Gasteiger partial charge in [0.05, 0.1) is 11.1 Å². The molecule has 0 amide bonds. The molecule has 1 aliphatic heterocycles. The van der Waals surface area contributed by atoms with E-state index in [9.17, 15) is 19.2 Å². The zero-order chi connectivity index (χ0) is 23.4. The highest BCUT2D eigenvalue weighted by Gasteiger charge is 2.35. The first kappa shape index (κ1) is 21.8. The van der Waals surface area contributed by atoms with Crippen molar-refractivity contribution < 1.29 is 23.8 Å². The van der Waals surface area contributed by atoms with Gasteiger partial charge in [0, 0.05) is 17.8 Å². The number of aryl methyl sites for hydroxylation is 1. The lowest BCUT2D eigenvalue weighted by Gasteiger charge is -2.19. The van der Waals surface area contributed by atoms with E-state index in [2.05, 4.69) is 4.98 Å². The average Bonchev–Trinajstić information content (AvgIpc) is 3.23. The molecule has 0 fully saturated rings. The van der Waals surface area contributed by atoms with Gasteiger partial charge < -0.3 is 14.2 Å². The third kappa shape index (κ3) is 4.93. The second-order valence-electron chi connectivity index (χ2n) is 7.30. The fraction of sp³-hybridized carbons (Fsp3) is 0.167. The number of esters is 2. The molecule has 0 unspecified atom stereocenters. The standard InChI is InChI=1S/C24H20N2O7/c1-15-13-26(24(30)25-21(15)27)20-12-18(33-23(29)17-10-6-3-7-11-17)19(32-20)14-31-22(28)16-8-4-2-5-9-16/h2-13,18-19H,14H2,1H3,(H,25,27,30)/t18-,19-/m1/s1. The second-order valence-corrected chi connectivity index (χ2v) is 7.30. The summed E-state index contributed by atoms with van der Waals surface area (Å²) in [6, 6.07) is 16.8. The minimum Gasteiger partial charge on any atom is -0.467 e. The molecular formula is C24H20N2O7. The molecule has 0 saturated carbocycles. The number of aromatic nitrogens is 2. The van der Waals surface area contributed by atoms with E-state index < -0.39 is 35.4 Å². The molecule has 2 heterocycles. The maximum Gasteiger partial charge on any atom is 0.338 e. The normalized spacial score (nSPS) is 17.1. The number of benzene rings is 2. The number of ether oxygens (including phenoxy) is 3. The molecule has 1 N–H and O–H groups in total. The van der Waals surface area contributed by atoms with Gasteiger partial charge in [0.25, 0.3) is 5.56 Å². The Labute approximate surface area is 187 Å². The van der Waals surface area contributed by atoms with E-state index in [1.807, 2.05) is 0 Å². The molecule has 2 atom stereocenters. The number of carbonyl (C=O) groups is 2. The Hall–Kier alpha value is -4.40. The van der Waals surface area contributed by atoms with Crippen molar-refractivity contribution in [2.75, 3.05) is 6.61 Å². The molecule has 1 aliphatic rings. The molecule has 9 heteroatoms. The summed E-state index contributed by atoms with van der Waals surface area (Å²) in [5.74, 6) is -1.13. The molecule has 0 aliphatic carbocycles. The van der Waals surface area contributed by atoms with Crippen molar-refractivity contribution in [1.29, 1.82) is 0 Å². The highest BCUT2D eigenvalue weighted by molar-refractivity contribution is 5.90. The number of hydrogen-bond acceptors (Lipinski definition) is 7. The average molecular weight is 448 g/mol. The zero-order valence-electron chi connectivity index (χ0n) is 17.6. The topological polar surface area (TPSA) is 117 Å². The van der Waals surface area contributed by atoms with Crippen molar-refractivity contribution in [3.8, 4) is 0 Å². The van der Waals surface area contributed by atoms with E-state index in [0.29, 0.717) is 11.1 Å². The summed E-state index contributed by atoms with van der Waals surface area (Å²) in [5.41, 5.74) is -0.261. The largest absolute Gasteiger partial charge is 0.467 e. The highest BCUT2D eigenvalue weighted by Crippen LogP contribution is 2.25. The van der Waals surface area contributed by atoms with Crippen LogP contribution in [0.5, 0.6) is 0 Å². The molecule has 3 aromatic rings. The van der Waals surface area contributed by atoms with Crippen molar-refractivity contribution in [2.45, 2.75) is 19.1 Å². The van der Waals surface area contributed by atoms with Crippen molar-refractivity contribution in [1.82, 2.24) is 9.55 Å². The minimum atomic E-state index is -0.949. The predicted octanol–water partition coefficient (Wildman–Crippen LogP) is 2.12. The molecular weight excluding hydrogens is 428 g/mol. The van der Waals surface area contributed by atoms with E-state index in [1.165, 1.54) is 19.2 Å². The van der Waals surface area contributed by atoms with Gasteiger partial charge in [-0.25, -0.2) is 19.0 Å².